The molecule has 0 spiro atoms. The summed E-state index contributed by atoms with van der Waals surface area (Å²) in [5, 5.41) is 20.5. The van der Waals surface area contributed by atoms with Crippen LogP contribution in [0.3, 0.4) is 0 Å². The van der Waals surface area contributed by atoms with Gasteiger partial charge in [-0.2, -0.15) is 8.78 Å². The lowest BCUT2D eigenvalue weighted by Gasteiger charge is -2.29. The van der Waals surface area contributed by atoms with E-state index < -0.39 is 24.1 Å². The SMILES string of the molecule is Cc1cc(C2(Nc3nnc(-c4ccc(F)cc4)o3)CC2)cc2c1CN(C1CCC(=O)NC1=O)C2=O.OC(F)F. The van der Waals surface area contributed by atoms with Crippen LogP contribution in [0.5, 0.6) is 0 Å². The van der Waals surface area contributed by atoms with Crippen molar-refractivity contribution in [1.82, 2.24) is 20.4 Å². The minimum absolute atomic E-state index is 0.202. The normalized spacial score (nSPS) is 19.4. The summed E-state index contributed by atoms with van der Waals surface area (Å²) in [5.41, 5.74) is 3.56. The molecule has 1 saturated heterocycles. The zero-order chi connectivity index (χ0) is 27.9. The molecule has 1 aromatic heterocycles. The minimum Gasteiger partial charge on any atom is -0.403 e. The van der Waals surface area contributed by atoms with E-state index in [2.05, 4.69) is 26.9 Å². The first kappa shape index (κ1) is 26.4. The average Bonchev–Trinajstić information content (AvgIpc) is 3.38. The second-order valence-corrected chi connectivity index (χ2v) is 9.62. The standard InChI is InChI=1S/C25H22FN5O4.CH2F2O/c1-13-10-15(11-17-18(13)12-31(23(17)34)19-6-7-20(32)27-21(19)33)25(8-9-25)28-24-30-29-22(35-24)14-2-4-16(26)5-3-14;2-1(3)4/h2-5,10-11,19H,6-9,12H2,1H3,(H,28,30)(H,27,32,33);1,4H. The topological polar surface area (TPSA) is 138 Å². The molecule has 0 bridgehead atoms. The third-order valence-corrected chi connectivity index (χ3v) is 7.04. The zero-order valence-corrected chi connectivity index (χ0v) is 20.7. The third kappa shape index (κ3) is 5.35. The largest absolute Gasteiger partial charge is 0.403 e. The van der Waals surface area contributed by atoms with E-state index in [4.69, 9.17) is 9.52 Å². The van der Waals surface area contributed by atoms with Gasteiger partial charge in [0, 0.05) is 24.1 Å². The summed E-state index contributed by atoms with van der Waals surface area (Å²) in [4.78, 5) is 38.7. The second-order valence-electron chi connectivity index (χ2n) is 9.62. The highest BCUT2D eigenvalue weighted by Gasteiger charge is 2.47. The molecule has 3 heterocycles. The molecule has 1 unspecified atom stereocenters. The number of amides is 3. The smallest absolute Gasteiger partial charge is 0.342 e. The highest BCUT2D eigenvalue weighted by molar-refractivity contribution is 6.05. The Kier molecular flexibility index (Phi) is 6.85. The monoisotopic (exact) mass is 543 g/mol. The van der Waals surface area contributed by atoms with Crippen molar-refractivity contribution in [2.24, 2.45) is 0 Å². The summed E-state index contributed by atoms with van der Waals surface area (Å²) in [5.74, 6) is -0.996. The highest BCUT2D eigenvalue weighted by Crippen LogP contribution is 2.49. The number of carbonyl (C=O) groups is 3. The second kappa shape index (κ2) is 10.1. The number of aryl methyl sites for hydroxylation is 1. The first-order valence-electron chi connectivity index (χ1n) is 12.2. The van der Waals surface area contributed by atoms with Gasteiger partial charge in [0.15, 0.2) is 0 Å². The quantitative estimate of drug-likeness (QED) is 0.417. The number of fused-ring (bicyclic) bond motifs is 1. The molecule has 204 valence electrons. The number of anilines is 1. The van der Waals surface area contributed by atoms with E-state index in [9.17, 15) is 27.6 Å². The molecule has 3 aromatic rings. The first-order valence-corrected chi connectivity index (χ1v) is 12.2. The van der Waals surface area contributed by atoms with Gasteiger partial charge in [-0.15, -0.1) is 5.10 Å². The Hall–Kier alpha value is -4.26. The molecular weight excluding hydrogens is 519 g/mol. The van der Waals surface area contributed by atoms with Crippen LogP contribution in [0.4, 0.5) is 19.2 Å². The van der Waals surface area contributed by atoms with Crippen LogP contribution in [0.25, 0.3) is 11.5 Å². The molecule has 1 atom stereocenters. The zero-order valence-electron chi connectivity index (χ0n) is 20.7. The molecule has 3 N–H and O–H groups in total. The lowest BCUT2D eigenvalue weighted by molar-refractivity contribution is -0.136. The van der Waals surface area contributed by atoms with E-state index in [1.54, 1.807) is 17.0 Å². The molecule has 2 aromatic carbocycles. The van der Waals surface area contributed by atoms with Crippen LogP contribution >= 0.6 is 0 Å². The number of hydrogen-bond donors (Lipinski definition) is 3. The van der Waals surface area contributed by atoms with Gasteiger partial charge in [0.05, 0.1) is 5.54 Å². The number of benzene rings is 2. The van der Waals surface area contributed by atoms with Crippen molar-refractivity contribution >= 4 is 23.7 Å². The van der Waals surface area contributed by atoms with Crippen molar-refractivity contribution in [3.05, 3.63) is 64.5 Å². The number of piperidine rings is 1. The number of nitrogens with one attached hydrogen (secondary N) is 2. The van der Waals surface area contributed by atoms with E-state index in [1.807, 2.05) is 13.0 Å². The minimum atomic E-state index is -3.17. The van der Waals surface area contributed by atoms with Gasteiger partial charge in [0.25, 0.3) is 5.91 Å². The van der Waals surface area contributed by atoms with Crippen LogP contribution in [-0.4, -0.2) is 50.6 Å². The highest BCUT2D eigenvalue weighted by atomic mass is 19.3. The average molecular weight is 544 g/mol. The van der Waals surface area contributed by atoms with Crippen molar-refractivity contribution < 1.29 is 37.1 Å². The molecule has 39 heavy (non-hydrogen) atoms. The van der Waals surface area contributed by atoms with E-state index in [0.717, 1.165) is 29.5 Å². The summed E-state index contributed by atoms with van der Waals surface area (Å²) in [7, 11) is 0. The molecule has 0 radical (unpaired) electrons. The molecule has 10 nitrogen and oxygen atoms in total. The molecule has 6 rings (SSSR count). The van der Waals surface area contributed by atoms with Gasteiger partial charge in [-0.1, -0.05) is 11.2 Å². The number of aliphatic hydroxyl groups is 1. The maximum atomic E-state index is 13.3. The summed E-state index contributed by atoms with van der Waals surface area (Å²) >= 11 is 0. The van der Waals surface area contributed by atoms with Crippen molar-refractivity contribution in [2.45, 2.75) is 57.3 Å². The number of alkyl halides is 2. The van der Waals surface area contributed by atoms with Crippen molar-refractivity contribution in [1.29, 1.82) is 0 Å². The molecule has 3 aliphatic rings. The number of imide groups is 1. The number of halogens is 3. The van der Waals surface area contributed by atoms with Gasteiger partial charge in [-0.3, -0.25) is 19.7 Å². The lowest BCUT2D eigenvalue weighted by Crippen LogP contribution is -2.52. The Labute approximate surface area is 220 Å². The molecular formula is C26H24F3N5O5. The molecule has 1 saturated carbocycles. The van der Waals surface area contributed by atoms with Crippen LogP contribution in [0, 0.1) is 12.7 Å². The van der Waals surface area contributed by atoms with E-state index >= 15 is 0 Å². The van der Waals surface area contributed by atoms with E-state index in [0.29, 0.717) is 24.1 Å². The number of aliphatic hydroxyl groups excluding tert-OH is 1. The summed E-state index contributed by atoms with van der Waals surface area (Å²) in [6, 6.07) is 9.34. The van der Waals surface area contributed by atoms with Crippen LogP contribution in [-0.2, 0) is 21.7 Å². The Bertz CT molecular complexity index is 1440. The van der Waals surface area contributed by atoms with Crippen LogP contribution < -0.4 is 10.6 Å². The van der Waals surface area contributed by atoms with E-state index in [-0.39, 0.29) is 36.0 Å². The number of aromatic nitrogens is 2. The first-order chi connectivity index (χ1) is 18.6. The van der Waals surface area contributed by atoms with Gasteiger partial charge >= 0.3 is 12.6 Å². The fourth-order valence-corrected chi connectivity index (χ4v) is 4.92. The predicted octanol–water partition coefficient (Wildman–Crippen LogP) is 3.25. The van der Waals surface area contributed by atoms with Gasteiger partial charge in [0.2, 0.25) is 17.7 Å². The molecule has 13 heteroatoms. The maximum Gasteiger partial charge on any atom is 0.342 e. The number of hydrogen-bond acceptors (Lipinski definition) is 8. The lowest BCUT2D eigenvalue weighted by atomic mass is 9.95. The molecule has 1 aliphatic carbocycles. The molecule has 3 amide bonds. The number of nitrogens with zero attached hydrogens (tertiary/aromatic N) is 3. The maximum absolute atomic E-state index is 13.3. The summed E-state index contributed by atoms with van der Waals surface area (Å²) in [6.45, 7) is -0.864. The van der Waals surface area contributed by atoms with Crippen molar-refractivity contribution in [3.63, 3.8) is 0 Å². The van der Waals surface area contributed by atoms with E-state index in [1.165, 1.54) is 12.1 Å². The van der Waals surface area contributed by atoms with Crippen LogP contribution in [0.2, 0.25) is 0 Å². The van der Waals surface area contributed by atoms with Gasteiger partial charge in [-0.25, -0.2) is 4.39 Å². The Morgan fingerprint density at radius 1 is 1.15 bits per heavy atom. The van der Waals surface area contributed by atoms with Crippen LogP contribution in [0.15, 0.2) is 40.8 Å². The molecule has 2 fully saturated rings. The Morgan fingerprint density at radius 3 is 2.49 bits per heavy atom. The summed E-state index contributed by atoms with van der Waals surface area (Å²) in [6.07, 6.45) is 2.20. The van der Waals surface area contributed by atoms with Gasteiger partial charge in [0.1, 0.15) is 11.9 Å². The van der Waals surface area contributed by atoms with Crippen molar-refractivity contribution in [3.8, 4) is 11.5 Å². The van der Waals surface area contributed by atoms with Gasteiger partial charge in [-0.05, 0) is 73.2 Å². The fourth-order valence-electron chi connectivity index (χ4n) is 4.92. The number of rotatable bonds is 5. The van der Waals surface area contributed by atoms with Gasteiger partial charge < -0.3 is 19.7 Å². The third-order valence-electron chi connectivity index (χ3n) is 7.04. The molecule has 2 aliphatic heterocycles. The predicted molar refractivity (Wildman–Crippen MR) is 130 cm³/mol. The fraction of sp³-hybridized carbons (Fsp3) is 0.346. The summed E-state index contributed by atoms with van der Waals surface area (Å²) < 4.78 is 38.7. The van der Waals surface area contributed by atoms with Crippen LogP contribution in [0.1, 0.15) is 52.7 Å². The Balaban J connectivity index is 0.000000723. The Morgan fingerprint density at radius 2 is 1.85 bits per heavy atom. The van der Waals surface area contributed by atoms with Crippen molar-refractivity contribution in [2.75, 3.05) is 5.32 Å². The number of carbonyl (C=O) groups excluding carboxylic acids is 3.